The van der Waals surface area contributed by atoms with Crippen molar-refractivity contribution in [2.24, 2.45) is 5.92 Å². The molecule has 0 spiro atoms. The second-order valence-corrected chi connectivity index (χ2v) is 9.63. The summed E-state index contributed by atoms with van der Waals surface area (Å²) in [5, 5.41) is 12.8. The lowest BCUT2D eigenvalue weighted by Crippen LogP contribution is -2.49. The molecule has 0 fully saturated rings. The van der Waals surface area contributed by atoms with Crippen LogP contribution in [0.25, 0.3) is 0 Å². The maximum atomic E-state index is 13.3. The van der Waals surface area contributed by atoms with Crippen LogP contribution in [0.15, 0.2) is 47.4 Å². The van der Waals surface area contributed by atoms with Crippen LogP contribution in [0.3, 0.4) is 0 Å². The van der Waals surface area contributed by atoms with E-state index in [1.54, 1.807) is 17.9 Å². The van der Waals surface area contributed by atoms with Gasteiger partial charge in [-0.2, -0.15) is 0 Å². The normalized spacial score (nSPS) is 20.0. The molecule has 10 heteroatoms. The number of nitrogens with one attached hydrogen (secondary N) is 2. The number of aliphatic hydroxyl groups excluding tert-OH is 1. The first-order valence-corrected chi connectivity index (χ1v) is 11.8. The van der Waals surface area contributed by atoms with Crippen molar-refractivity contribution in [1.82, 2.24) is 10.2 Å². The predicted molar refractivity (Wildman–Crippen MR) is 119 cm³/mol. The number of hydrogen-bond donors (Lipinski definition) is 3. The molecule has 32 heavy (non-hydrogen) atoms. The number of aliphatic hydroxyl groups is 1. The lowest BCUT2D eigenvalue weighted by molar-refractivity contribution is 0.0416. The molecular formula is C22H28FN3O5S. The van der Waals surface area contributed by atoms with Crippen molar-refractivity contribution in [2.75, 3.05) is 31.5 Å². The second kappa shape index (κ2) is 9.85. The van der Waals surface area contributed by atoms with Gasteiger partial charge in [-0.05, 0) is 56.4 Å². The first-order valence-electron chi connectivity index (χ1n) is 10.3. The minimum absolute atomic E-state index is 0.00907. The summed E-state index contributed by atoms with van der Waals surface area (Å²) in [6, 6.07) is 8.50. The van der Waals surface area contributed by atoms with E-state index in [0.717, 1.165) is 24.3 Å². The van der Waals surface area contributed by atoms with Crippen LogP contribution in [-0.2, 0) is 10.0 Å². The molecule has 0 aliphatic carbocycles. The van der Waals surface area contributed by atoms with Gasteiger partial charge in [0, 0.05) is 24.7 Å². The fourth-order valence-electron chi connectivity index (χ4n) is 3.56. The summed E-state index contributed by atoms with van der Waals surface area (Å²) in [6.07, 6.45) is -0.234. The number of ether oxygens (including phenoxy) is 1. The third-order valence-corrected chi connectivity index (χ3v) is 6.84. The number of fused-ring (bicyclic) bond motifs is 1. The minimum atomic E-state index is -3.99. The molecule has 1 amide bonds. The van der Waals surface area contributed by atoms with Crippen molar-refractivity contribution in [3.8, 4) is 5.75 Å². The molecule has 0 unspecified atom stereocenters. The maximum Gasteiger partial charge on any atom is 0.261 e. The number of nitrogens with zero attached hydrogens (tertiary/aromatic N) is 1. The van der Waals surface area contributed by atoms with Gasteiger partial charge in [0.2, 0.25) is 0 Å². The maximum absolute atomic E-state index is 13.3. The number of sulfonamides is 1. The van der Waals surface area contributed by atoms with E-state index >= 15 is 0 Å². The van der Waals surface area contributed by atoms with Crippen LogP contribution in [0.2, 0.25) is 0 Å². The SMILES string of the molecule is CNC[C@H]1Oc2ccc(NS(=O)(=O)c3ccc(F)cc3)cc2C(=O)N([C@@H](C)CO)C[C@@H]1C. The van der Waals surface area contributed by atoms with E-state index in [4.69, 9.17) is 4.74 Å². The van der Waals surface area contributed by atoms with Gasteiger partial charge in [0.25, 0.3) is 15.9 Å². The van der Waals surface area contributed by atoms with Crippen LogP contribution in [0, 0.1) is 11.7 Å². The summed E-state index contributed by atoms with van der Waals surface area (Å²) < 4.78 is 47.1. The molecule has 2 aromatic rings. The molecule has 3 rings (SSSR count). The fourth-order valence-corrected chi connectivity index (χ4v) is 4.61. The van der Waals surface area contributed by atoms with Gasteiger partial charge in [-0.1, -0.05) is 6.92 Å². The highest BCUT2D eigenvalue weighted by Gasteiger charge is 2.33. The Morgan fingerprint density at radius 3 is 2.56 bits per heavy atom. The first kappa shape index (κ1) is 24.0. The van der Waals surface area contributed by atoms with Gasteiger partial charge in [-0.15, -0.1) is 0 Å². The van der Waals surface area contributed by atoms with Crippen molar-refractivity contribution in [2.45, 2.75) is 30.9 Å². The van der Waals surface area contributed by atoms with E-state index in [1.807, 2.05) is 14.0 Å². The molecule has 3 atom stereocenters. The quantitative estimate of drug-likeness (QED) is 0.578. The number of benzene rings is 2. The Morgan fingerprint density at radius 2 is 1.94 bits per heavy atom. The van der Waals surface area contributed by atoms with Gasteiger partial charge in [-0.3, -0.25) is 9.52 Å². The number of amides is 1. The highest BCUT2D eigenvalue weighted by atomic mass is 32.2. The smallest absolute Gasteiger partial charge is 0.261 e. The predicted octanol–water partition coefficient (Wildman–Crippen LogP) is 2.07. The van der Waals surface area contributed by atoms with Gasteiger partial charge in [-0.25, -0.2) is 12.8 Å². The molecule has 0 aromatic heterocycles. The average Bonchev–Trinajstić information content (AvgIpc) is 2.76. The van der Waals surface area contributed by atoms with E-state index in [-0.39, 0.29) is 40.7 Å². The summed E-state index contributed by atoms with van der Waals surface area (Å²) in [7, 11) is -2.18. The van der Waals surface area contributed by atoms with Crippen molar-refractivity contribution in [3.63, 3.8) is 0 Å². The zero-order valence-corrected chi connectivity index (χ0v) is 19.0. The van der Waals surface area contributed by atoms with Crippen LogP contribution in [0.4, 0.5) is 10.1 Å². The van der Waals surface area contributed by atoms with Gasteiger partial charge in [0.1, 0.15) is 17.7 Å². The van der Waals surface area contributed by atoms with Crippen molar-refractivity contribution in [3.05, 3.63) is 53.8 Å². The molecule has 0 bridgehead atoms. The van der Waals surface area contributed by atoms with Crippen LogP contribution in [0.1, 0.15) is 24.2 Å². The van der Waals surface area contributed by atoms with Gasteiger partial charge in [0.15, 0.2) is 0 Å². The number of anilines is 1. The number of carbonyl (C=O) groups excluding carboxylic acids is 1. The van der Waals surface area contributed by atoms with E-state index in [2.05, 4.69) is 10.0 Å². The molecule has 8 nitrogen and oxygen atoms in total. The molecule has 1 heterocycles. The largest absolute Gasteiger partial charge is 0.488 e. The molecule has 2 aromatic carbocycles. The summed E-state index contributed by atoms with van der Waals surface area (Å²) >= 11 is 0. The highest BCUT2D eigenvalue weighted by molar-refractivity contribution is 7.92. The zero-order chi connectivity index (χ0) is 23.5. The summed E-state index contributed by atoms with van der Waals surface area (Å²) in [6.45, 7) is 4.44. The second-order valence-electron chi connectivity index (χ2n) is 7.95. The summed E-state index contributed by atoms with van der Waals surface area (Å²) in [5.41, 5.74) is 0.359. The Balaban J connectivity index is 1.99. The molecule has 174 valence electrons. The van der Waals surface area contributed by atoms with Crippen LogP contribution in [-0.4, -0.2) is 63.2 Å². The molecule has 0 radical (unpaired) electrons. The molecule has 1 aliphatic rings. The molecule has 0 saturated heterocycles. The van der Waals surface area contributed by atoms with Crippen molar-refractivity contribution >= 4 is 21.6 Å². The lowest BCUT2D eigenvalue weighted by atomic mass is 9.99. The molecule has 3 N–H and O–H groups in total. The fraction of sp³-hybridized carbons (Fsp3) is 0.409. The van der Waals surface area contributed by atoms with Crippen molar-refractivity contribution in [1.29, 1.82) is 0 Å². The molecule has 0 saturated carbocycles. The van der Waals surface area contributed by atoms with E-state index in [1.165, 1.54) is 12.1 Å². The monoisotopic (exact) mass is 465 g/mol. The number of likely N-dealkylation sites (N-methyl/N-ethyl adjacent to an activating group) is 1. The van der Waals surface area contributed by atoms with E-state index in [0.29, 0.717) is 18.8 Å². The number of halogens is 1. The Kier molecular flexibility index (Phi) is 7.37. The highest BCUT2D eigenvalue weighted by Crippen LogP contribution is 2.31. The van der Waals surface area contributed by atoms with Crippen LogP contribution < -0.4 is 14.8 Å². The number of rotatable bonds is 7. The standard InChI is InChI=1S/C22H28FN3O5S/c1-14-12-26(15(2)13-27)22(28)19-10-17(6-9-20(19)31-21(14)11-24-3)25-32(29,30)18-7-4-16(23)5-8-18/h4-10,14-15,21,24-25,27H,11-13H2,1-3H3/t14-,15-,21+/m0/s1. The molecular weight excluding hydrogens is 437 g/mol. The third kappa shape index (κ3) is 5.20. The van der Waals surface area contributed by atoms with E-state index < -0.39 is 21.9 Å². The Labute approximate surface area is 187 Å². The van der Waals surface area contributed by atoms with Crippen molar-refractivity contribution < 1.29 is 27.4 Å². The van der Waals surface area contributed by atoms with E-state index in [9.17, 15) is 22.7 Å². The Hall–Kier alpha value is -2.69. The minimum Gasteiger partial charge on any atom is -0.488 e. The lowest BCUT2D eigenvalue weighted by Gasteiger charge is -2.37. The number of hydrogen-bond acceptors (Lipinski definition) is 6. The van der Waals surface area contributed by atoms with Crippen LogP contribution >= 0.6 is 0 Å². The molecule has 1 aliphatic heterocycles. The van der Waals surface area contributed by atoms with Gasteiger partial charge < -0.3 is 20.1 Å². The van der Waals surface area contributed by atoms with Gasteiger partial charge in [0.05, 0.1) is 23.1 Å². The van der Waals surface area contributed by atoms with Gasteiger partial charge >= 0.3 is 0 Å². The topological polar surface area (TPSA) is 108 Å². The Bertz CT molecular complexity index is 1060. The summed E-state index contributed by atoms with van der Waals surface area (Å²) in [5.74, 6) is -0.581. The van der Waals surface area contributed by atoms with Crippen LogP contribution in [0.5, 0.6) is 5.75 Å². The number of carbonyl (C=O) groups is 1. The first-order chi connectivity index (χ1) is 15.2. The summed E-state index contributed by atoms with van der Waals surface area (Å²) in [4.78, 5) is 14.8. The third-order valence-electron chi connectivity index (χ3n) is 5.45. The Morgan fingerprint density at radius 1 is 1.25 bits per heavy atom. The average molecular weight is 466 g/mol. The zero-order valence-electron chi connectivity index (χ0n) is 18.2.